The molecule has 0 radical (unpaired) electrons. The highest BCUT2D eigenvalue weighted by Gasteiger charge is 2.38. The summed E-state index contributed by atoms with van der Waals surface area (Å²) in [4.78, 5) is 30.6. The number of hydrogen-bond donors (Lipinski definition) is 1. The average molecular weight is 469 g/mol. The van der Waals surface area contributed by atoms with Gasteiger partial charge in [0.25, 0.3) is 0 Å². The third kappa shape index (κ3) is 5.08. The monoisotopic (exact) mass is 468 g/mol. The van der Waals surface area contributed by atoms with E-state index in [1.54, 1.807) is 23.0 Å². The summed E-state index contributed by atoms with van der Waals surface area (Å²) >= 11 is 1.62. The van der Waals surface area contributed by atoms with Crippen molar-refractivity contribution in [3.63, 3.8) is 0 Å². The second-order valence-corrected chi connectivity index (χ2v) is 12.2. The van der Waals surface area contributed by atoms with Crippen LogP contribution in [0.3, 0.4) is 0 Å². The topological polar surface area (TPSA) is 68.9 Å². The number of thiophene rings is 1. The van der Waals surface area contributed by atoms with Crippen molar-refractivity contribution in [2.75, 3.05) is 0 Å². The number of rotatable bonds is 5. The van der Waals surface area contributed by atoms with Gasteiger partial charge in [0.1, 0.15) is 0 Å². The molecule has 178 valence electrons. The first-order valence-corrected chi connectivity index (χ1v) is 12.8. The molecule has 7 heteroatoms. The fraction of sp³-hybridized carbons (Fsp3) is 0.577. The van der Waals surface area contributed by atoms with Gasteiger partial charge in [-0.3, -0.25) is 13.9 Å². The van der Waals surface area contributed by atoms with Gasteiger partial charge >= 0.3 is 5.69 Å². The van der Waals surface area contributed by atoms with Gasteiger partial charge in [-0.1, -0.05) is 34.6 Å². The summed E-state index contributed by atoms with van der Waals surface area (Å²) in [5.74, 6) is 0.340. The van der Waals surface area contributed by atoms with Crippen LogP contribution in [0.2, 0.25) is 0 Å². The van der Waals surface area contributed by atoms with Crippen molar-refractivity contribution in [2.24, 2.45) is 17.9 Å². The minimum Gasteiger partial charge on any atom is -0.353 e. The molecular weight excluding hydrogens is 432 g/mol. The lowest BCUT2D eigenvalue weighted by Gasteiger charge is -2.42. The highest BCUT2D eigenvalue weighted by molar-refractivity contribution is 7.08. The maximum Gasteiger partial charge on any atom is 0.330 e. The zero-order chi connectivity index (χ0) is 24.0. The van der Waals surface area contributed by atoms with Crippen LogP contribution < -0.4 is 11.0 Å². The number of fused-ring (bicyclic) bond motifs is 1. The Hall–Kier alpha value is -2.41. The van der Waals surface area contributed by atoms with Gasteiger partial charge in [0.15, 0.2) is 5.65 Å². The Kier molecular flexibility index (Phi) is 6.29. The average Bonchev–Trinajstić information content (AvgIpc) is 3.31. The maximum atomic E-state index is 12.9. The number of pyridine rings is 1. The second kappa shape index (κ2) is 8.75. The molecule has 2 atom stereocenters. The number of imidazole rings is 1. The van der Waals surface area contributed by atoms with E-state index < -0.39 is 0 Å². The van der Waals surface area contributed by atoms with Gasteiger partial charge in [0, 0.05) is 31.2 Å². The quantitative estimate of drug-likeness (QED) is 0.581. The van der Waals surface area contributed by atoms with E-state index in [0.717, 1.165) is 41.7 Å². The lowest BCUT2D eigenvalue weighted by atomic mass is 9.68. The number of aryl methyl sites for hydroxylation is 1. The molecule has 0 saturated heterocycles. The first kappa shape index (κ1) is 23.7. The minimum atomic E-state index is -0.0204. The van der Waals surface area contributed by atoms with Crippen molar-refractivity contribution in [3.8, 4) is 0 Å². The molecule has 2 unspecified atom stereocenters. The van der Waals surface area contributed by atoms with Crippen LogP contribution in [0.1, 0.15) is 71.1 Å². The fourth-order valence-corrected chi connectivity index (χ4v) is 5.60. The molecule has 3 aromatic rings. The smallest absolute Gasteiger partial charge is 0.330 e. The molecule has 6 nitrogen and oxygen atoms in total. The van der Waals surface area contributed by atoms with E-state index in [-0.39, 0.29) is 34.4 Å². The van der Waals surface area contributed by atoms with E-state index in [0.29, 0.717) is 13.0 Å². The summed E-state index contributed by atoms with van der Waals surface area (Å²) in [5.41, 5.74) is 3.72. The van der Waals surface area contributed by atoms with Crippen LogP contribution in [0.25, 0.3) is 11.2 Å². The predicted octanol–water partition coefficient (Wildman–Crippen LogP) is 4.86. The van der Waals surface area contributed by atoms with Crippen molar-refractivity contribution >= 4 is 28.4 Å². The first-order chi connectivity index (χ1) is 15.4. The number of nitrogens with zero attached hydrogens (tertiary/aromatic N) is 3. The third-order valence-corrected chi connectivity index (χ3v) is 7.67. The molecule has 1 fully saturated rings. The summed E-state index contributed by atoms with van der Waals surface area (Å²) in [5, 5.41) is 7.35. The van der Waals surface area contributed by atoms with Gasteiger partial charge in [-0.2, -0.15) is 11.3 Å². The Morgan fingerprint density at radius 2 is 2.03 bits per heavy atom. The summed E-state index contributed by atoms with van der Waals surface area (Å²) in [6, 6.07) is 6.23. The summed E-state index contributed by atoms with van der Waals surface area (Å²) in [6.45, 7) is 11.5. The first-order valence-electron chi connectivity index (χ1n) is 11.8. The number of amides is 1. The molecular formula is C26H36N4O2S. The zero-order valence-electron chi connectivity index (χ0n) is 20.6. The highest BCUT2D eigenvalue weighted by atomic mass is 32.1. The molecule has 0 spiro atoms. The van der Waals surface area contributed by atoms with Crippen molar-refractivity contribution in [1.82, 2.24) is 19.4 Å². The van der Waals surface area contributed by atoms with Crippen molar-refractivity contribution in [1.29, 1.82) is 0 Å². The van der Waals surface area contributed by atoms with Crippen LogP contribution in [0.15, 0.2) is 33.8 Å². The van der Waals surface area contributed by atoms with E-state index in [1.807, 2.05) is 21.4 Å². The molecule has 0 bridgehead atoms. The van der Waals surface area contributed by atoms with Crippen molar-refractivity contribution < 1.29 is 4.79 Å². The lowest BCUT2D eigenvalue weighted by molar-refractivity contribution is -0.122. The number of carbonyl (C=O) groups excluding carboxylic acids is 1. The van der Waals surface area contributed by atoms with Gasteiger partial charge < -0.3 is 5.32 Å². The number of nitrogens with one attached hydrogen (secondary N) is 1. The van der Waals surface area contributed by atoms with E-state index >= 15 is 0 Å². The highest BCUT2D eigenvalue weighted by Crippen LogP contribution is 2.42. The van der Waals surface area contributed by atoms with Crippen LogP contribution in [0.4, 0.5) is 0 Å². The Balaban J connectivity index is 1.57. The number of aromatic nitrogens is 3. The lowest BCUT2D eigenvalue weighted by Crippen LogP contribution is -2.48. The van der Waals surface area contributed by atoms with E-state index in [2.05, 4.69) is 52.1 Å². The number of hydrogen-bond acceptors (Lipinski definition) is 4. The molecule has 4 rings (SSSR count). The molecule has 1 aliphatic carbocycles. The van der Waals surface area contributed by atoms with Crippen LogP contribution in [0.5, 0.6) is 0 Å². The predicted molar refractivity (Wildman–Crippen MR) is 135 cm³/mol. The van der Waals surface area contributed by atoms with Gasteiger partial charge in [0.05, 0.1) is 11.9 Å². The Labute approximate surface area is 200 Å². The Morgan fingerprint density at radius 1 is 1.27 bits per heavy atom. The SMILES string of the molecule is Cn1c(=O)n(CC(C)(C)C)c2ccc(C3CCC(C)(C)C(NC(=O)Cc4ccsc4)C3)nc21. The van der Waals surface area contributed by atoms with Gasteiger partial charge in [0.2, 0.25) is 5.91 Å². The summed E-state index contributed by atoms with van der Waals surface area (Å²) < 4.78 is 3.50. The normalized spacial score (nSPS) is 20.8. The van der Waals surface area contributed by atoms with Gasteiger partial charge in [-0.25, -0.2) is 9.78 Å². The zero-order valence-corrected chi connectivity index (χ0v) is 21.5. The maximum absolute atomic E-state index is 12.9. The van der Waals surface area contributed by atoms with E-state index in [1.165, 1.54) is 0 Å². The molecule has 1 aliphatic rings. The minimum absolute atomic E-state index is 0.000183. The molecule has 0 aliphatic heterocycles. The van der Waals surface area contributed by atoms with E-state index in [4.69, 9.17) is 4.98 Å². The second-order valence-electron chi connectivity index (χ2n) is 11.5. The Bertz CT molecular complexity index is 1200. The van der Waals surface area contributed by atoms with Crippen LogP contribution in [0, 0.1) is 10.8 Å². The standard InChI is InChI=1S/C26H36N4O2S/c1-25(2,3)16-30-20-8-7-19(27-23(20)29(6)24(30)32)18-9-11-26(4,5)21(14-18)28-22(31)13-17-10-12-33-15-17/h7-8,10,12,15,18,21H,9,11,13-14,16H2,1-6H3,(H,28,31). The fourth-order valence-electron chi connectivity index (χ4n) is 4.93. The molecule has 0 aromatic carbocycles. The molecule has 3 heterocycles. The molecule has 1 amide bonds. The van der Waals surface area contributed by atoms with Gasteiger partial charge in [-0.05, 0) is 64.6 Å². The molecule has 33 heavy (non-hydrogen) atoms. The van der Waals surface area contributed by atoms with E-state index in [9.17, 15) is 9.59 Å². The van der Waals surface area contributed by atoms with Crippen LogP contribution in [-0.4, -0.2) is 26.1 Å². The van der Waals surface area contributed by atoms with Crippen molar-refractivity contribution in [2.45, 2.75) is 78.8 Å². The third-order valence-electron chi connectivity index (χ3n) is 6.93. The summed E-state index contributed by atoms with van der Waals surface area (Å²) in [7, 11) is 1.80. The Morgan fingerprint density at radius 3 is 2.70 bits per heavy atom. The summed E-state index contributed by atoms with van der Waals surface area (Å²) in [6.07, 6.45) is 3.33. The molecule has 3 aromatic heterocycles. The van der Waals surface area contributed by atoms with Crippen LogP contribution >= 0.6 is 11.3 Å². The molecule has 1 saturated carbocycles. The molecule has 1 N–H and O–H groups in total. The largest absolute Gasteiger partial charge is 0.353 e. The van der Waals surface area contributed by atoms with Crippen LogP contribution in [-0.2, 0) is 24.8 Å². The van der Waals surface area contributed by atoms with Gasteiger partial charge in [-0.15, -0.1) is 0 Å². The number of carbonyl (C=O) groups is 1. The van der Waals surface area contributed by atoms with Crippen molar-refractivity contribution in [3.05, 3.63) is 50.7 Å².